The Morgan fingerprint density at radius 3 is 2.84 bits per heavy atom. The lowest BCUT2D eigenvalue weighted by atomic mass is 9.82. The van der Waals surface area contributed by atoms with E-state index >= 15 is 0 Å². The van der Waals surface area contributed by atoms with Gasteiger partial charge in [0, 0.05) is 0 Å². The van der Waals surface area contributed by atoms with Gasteiger partial charge < -0.3 is 16.2 Å². The molecule has 0 bridgehead atoms. The lowest BCUT2D eigenvalue weighted by Crippen LogP contribution is -2.44. The molecule has 2 aromatic heterocycles. The monoisotopic (exact) mass is 262 g/mol. The van der Waals surface area contributed by atoms with Crippen molar-refractivity contribution in [2.75, 3.05) is 17.7 Å². The normalized spacial score (nSPS) is 18.6. The fourth-order valence-electron chi connectivity index (χ4n) is 2.75. The molecule has 1 aliphatic carbocycles. The maximum absolute atomic E-state index is 9.73. The third kappa shape index (κ3) is 2.21. The van der Waals surface area contributed by atoms with Crippen molar-refractivity contribution < 1.29 is 5.11 Å². The number of nitrogens with zero attached hydrogens (tertiary/aromatic N) is 3. The van der Waals surface area contributed by atoms with Crippen molar-refractivity contribution in [2.45, 2.75) is 37.6 Å². The predicted molar refractivity (Wildman–Crippen MR) is 72.6 cm³/mol. The first-order valence-electron chi connectivity index (χ1n) is 6.58. The number of aliphatic hydroxyl groups is 1. The van der Waals surface area contributed by atoms with E-state index in [1.165, 1.54) is 6.42 Å². The molecule has 1 fully saturated rings. The molecule has 0 aliphatic heterocycles. The van der Waals surface area contributed by atoms with Crippen molar-refractivity contribution >= 4 is 22.8 Å². The molecule has 1 saturated carbocycles. The van der Waals surface area contributed by atoms with Gasteiger partial charge in [0.1, 0.15) is 5.82 Å². The molecule has 3 rings (SSSR count). The molecule has 19 heavy (non-hydrogen) atoms. The van der Waals surface area contributed by atoms with Gasteiger partial charge in [-0.15, -0.1) is 0 Å². The number of rotatable bonds is 3. The summed E-state index contributed by atoms with van der Waals surface area (Å²) in [5.74, 6) is 0.843. The standard InChI is InChI=1S/C12H18N6O/c13-11-15-9(8-6-14-18-10(8)16-11)17-12(7-19)4-2-1-3-5-12/h6,19H,1-5,7H2,(H4,13,14,15,16,17,18). The Kier molecular flexibility index (Phi) is 2.98. The molecule has 0 radical (unpaired) electrons. The van der Waals surface area contributed by atoms with E-state index < -0.39 is 0 Å². The molecule has 0 aromatic carbocycles. The van der Waals surface area contributed by atoms with Crippen LogP contribution in [-0.4, -0.2) is 37.4 Å². The number of nitrogens with two attached hydrogens (primary N) is 1. The average molecular weight is 262 g/mol. The molecule has 0 saturated heterocycles. The predicted octanol–water partition coefficient (Wildman–Crippen LogP) is 1.04. The Labute approximate surface area is 110 Å². The van der Waals surface area contributed by atoms with E-state index in [-0.39, 0.29) is 18.1 Å². The molecular formula is C12H18N6O. The smallest absolute Gasteiger partial charge is 0.224 e. The number of aliphatic hydroxyl groups excluding tert-OH is 1. The van der Waals surface area contributed by atoms with Crippen LogP contribution in [0.3, 0.4) is 0 Å². The van der Waals surface area contributed by atoms with Crippen LogP contribution in [0.5, 0.6) is 0 Å². The first-order valence-corrected chi connectivity index (χ1v) is 6.58. The quantitative estimate of drug-likeness (QED) is 0.657. The third-order valence-corrected chi connectivity index (χ3v) is 3.82. The minimum atomic E-state index is -0.302. The van der Waals surface area contributed by atoms with Gasteiger partial charge >= 0.3 is 0 Å². The molecule has 0 atom stereocenters. The largest absolute Gasteiger partial charge is 0.394 e. The minimum absolute atomic E-state index is 0.0935. The number of nitrogens with one attached hydrogen (secondary N) is 2. The minimum Gasteiger partial charge on any atom is -0.394 e. The lowest BCUT2D eigenvalue weighted by Gasteiger charge is -2.37. The highest BCUT2D eigenvalue weighted by Gasteiger charge is 2.32. The molecule has 7 heteroatoms. The summed E-state index contributed by atoms with van der Waals surface area (Å²) >= 11 is 0. The van der Waals surface area contributed by atoms with Crippen molar-refractivity contribution in [1.82, 2.24) is 20.2 Å². The van der Waals surface area contributed by atoms with E-state index in [0.717, 1.165) is 31.1 Å². The van der Waals surface area contributed by atoms with Gasteiger partial charge in [-0.25, -0.2) is 0 Å². The van der Waals surface area contributed by atoms with Crippen LogP contribution in [-0.2, 0) is 0 Å². The maximum atomic E-state index is 9.73. The number of aromatic amines is 1. The SMILES string of the molecule is Nc1nc(NC2(CO)CCCCC2)c2cn[nH]c2n1. The second kappa shape index (κ2) is 4.65. The summed E-state index contributed by atoms with van der Waals surface area (Å²) in [5.41, 5.74) is 6.01. The highest BCUT2D eigenvalue weighted by Crippen LogP contribution is 2.32. The van der Waals surface area contributed by atoms with Crippen molar-refractivity contribution in [3.8, 4) is 0 Å². The Morgan fingerprint density at radius 2 is 2.11 bits per heavy atom. The summed E-state index contributed by atoms with van der Waals surface area (Å²) in [6.45, 7) is 0.0935. The highest BCUT2D eigenvalue weighted by atomic mass is 16.3. The molecule has 5 N–H and O–H groups in total. The van der Waals surface area contributed by atoms with Crippen LogP contribution < -0.4 is 11.1 Å². The first-order chi connectivity index (χ1) is 9.22. The Morgan fingerprint density at radius 1 is 1.32 bits per heavy atom. The fourth-order valence-corrected chi connectivity index (χ4v) is 2.75. The van der Waals surface area contributed by atoms with Crippen LogP contribution in [0.4, 0.5) is 11.8 Å². The van der Waals surface area contributed by atoms with Crippen LogP contribution in [0.2, 0.25) is 0 Å². The molecule has 0 amide bonds. The van der Waals surface area contributed by atoms with Gasteiger partial charge in [-0.3, -0.25) is 5.10 Å². The van der Waals surface area contributed by atoms with Crippen molar-refractivity contribution in [3.63, 3.8) is 0 Å². The van der Waals surface area contributed by atoms with Gasteiger partial charge in [-0.1, -0.05) is 19.3 Å². The molecule has 0 unspecified atom stereocenters. The zero-order valence-corrected chi connectivity index (χ0v) is 10.7. The third-order valence-electron chi connectivity index (χ3n) is 3.82. The van der Waals surface area contributed by atoms with Gasteiger partial charge in [0.05, 0.1) is 23.7 Å². The van der Waals surface area contributed by atoms with Gasteiger partial charge in [0.15, 0.2) is 5.65 Å². The summed E-state index contributed by atoms with van der Waals surface area (Å²) in [6.07, 6.45) is 6.99. The molecule has 0 spiro atoms. The number of aromatic nitrogens is 4. The molecule has 102 valence electrons. The molecule has 2 aromatic rings. The van der Waals surface area contributed by atoms with Crippen LogP contribution >= 0.6 is 0 Å². The number of anilines is 2. The summed E-state index contributed by atoms with van der Waals surface area (Å²) in [7, 11) is 0. The van der Waals surface area contributed by atoms with Crippen LogP contribution in [0, 0.1) is 0 Å². The van der Waals surface area contributed by atoms with Crippen LogP contribution in [0.1, 0.15) is 32.1 Å². The summed E-state index contributed by atoms with van der Waals surface area (Å²) in [6, 6.07) is 0. The van der Waals surface area contributed by atoms with Gasteiger partial charge in [-0.05, 0) is 12.8 Å². The zero-order valence-electron chi connectivity index (χ0n) is 10.7. The Balaban J connectivity index is 1.97. The molecule has 2 heterocycles. The van der Waals surface area contributed by atoms with Gasteiger partial charge in [-0.2, -0.15) is 15.1 Å². The van der Waals surface area contributed by atoms with Crippen molar-refractivity contribution in [2.24, 2.45) is 0 Å². The van der Waals surface area contributed by atoms with E-state index in [4.69, 9.17) is 5.73 Å². The number of H-pyrrole nitrogens is 1. The average Bonchev–Trinajstić information content (AvgIpc) is 2.88. The van der Waals surface area contributed by atoms with Crippen LogP contribution in [0.25, 0.3) is 11.0 Å². The van der Waals surface area contributed by atoms with Gasteiger partial charge in [0.2, 0.25) is 5.95 Å². The van der Waals surface area contributed by atoms with Crippen molar-refractivity contribution in [1.29, 1.82) is 0 Å². The molecule has 7 nitrogen and oxygen atoms in total. The van der Waals surface area contributed by atoms with E-state index in [2.05, 4.69) is 25.5 Å². The summed E-state index contributed by atoms with van der Waals surface area (Å²) < 4.78 is 0. The molecule has 1 aliphatic rings. The number of hydrogen-bond acceptors (Lipinski definition) is 6. The zero-order chi connectivity index (χ0) is 13.3. The van der Waals surface area contributed by atoms with E-state index in [1.807, 2.05) is 0 Å². The summed E-state index contributed by atoms with van der Waals surface area (Å²) in [5, 5.41) is 20.6. The second-order valence-electron chi connectivity index (χ2n) is 5.19. The molecular weight excluding hydrogens is 244 g/mol. The van der Waals surface area contributed by atoms with Crippen LogP contribution in [0.15, 0.2) is 6.20 Å². The van der Waals surface area contributed by atoms with E-state index in [1.54, 1.807) is 6.20 Å². The maximum Gasteiger partial charge on any atom is 0.224 e. The highest BCUT2D eigenvalue weighted by molar-refractivity contribution is 5.87. The number of fused-ring (bicyclic) bond motifs is 1. The second-order valence-corrected chi connectivity index (χ2v) is 5.19. The first kappa shape index (κ1) is 12.2. The number of nitrogen functional groups attached to an aromatic ring is 1. The number of hydrogen-bond donors (Lipinski definition) is 4. The summed E-state index contributed by atoms with van der Waals surface area (Å²) in [4.78, 5) is 8.33. The van der Waals surface area contributed by atoms with Gasteiger partial charge in [0.25, 0.3) is 0 Å². The van der Waals surface area contributed by atoms with E-state index in [9.17, 15) is 5.11 Å². The topological polar surface area (TPSA) is 113 Å². The van der Waals surface area contributed by atoms with E-state index in [0.29, 0.717) is 11.5 Å². The van der Waals surface area contributed by atoms with Crippen molar-refractivity contribution in [3.05, 3.63) is 6.20 Å². The Bertz CT molecular complexity index is 575. The lowest BCUT2D eigenvalue weighted by molar-refractivity contribution is 0.172. The Hall–Kier alpha value is -1.89. The fraction of sp³-hybridized carbons (Fsp3) is 0.583.